The number of thiophene rings is 1. The van der Waals surface area contributed by atoms with Crippen LogP contribution in [0.4, 0.5) is 0 Å². The van der Waals surface area contributed by atoms with E-state index in [0.717, 1.165) is 5.69 Å². The molecule has 0 saturated carbocycles. The fourth-order valence-corrected chi connectivity index (χ4v) is 8.80. The molecule has 0 N–H and O–H groups in total. The zero-order chi connectivity index (χ0) is 30.9. The van der Waals surface area contributed by atoms with Gasteiger partial charge in [0.15, 0.2) is 0 Å². The van der Waals surface area contributed by atoms with Gasteiger partial charge in [0.1, 0.15) is 0 Å². The van der Waals surface area contributed by atoms with Crippen molar-refractivity contribution in [3.05, 3.63) is 170 Å². The van der Waals surface area contributed by atoms with E-state index in [1.807, 2.05) is 11.3 Å². The van der Waals surface area contributed by atoms with E-state index in [-0.39, 0.29) is 0 Å². The summed E-state index contributed by atoms with van der Waals surface area (Å²) >= 11 is 1.90. The molecule has 0 aliphatic heterocycles. The summed E-state index contributed by atoms with van der Waals surface area (Å²) in [4.78, 5) is 0. The van der Waals surface area contributed by atoms with Gasteiger partial charge in [-0.05, 0) is 58.7 Å². The molecule has 0 bridgehead atoms. The van der Waals surface area contributed by atoms with E-state index in [1.165, 1.54) is 80.8 Å². The summed E-state index contributed by atoms with van der Waals surface area (Å²) in [5, 5.41) is 6.40. The highest BCUT2D eigenvalue weighted by Crippen LogP contribution is 2.44. The van der Waals surface area contributed by atoms with Gasteiger partial charge in [-0.3, -0.25) is 0 Å². The van der Waals surface area contributed by atoms with Crippen molar-refractivity contribution < 1.29 is 0 Å². The van der Waals surface area contributed by atoms with Crippen LogP contribution >= 0.6 is 11.3 Å². The maximum atomic E-state index is 2.42. The zero-order valence-electron chi connectivity index (χ0n) is 25.5. The molecule has 0 fully saturated rings. The molecule has 10 aromatic rings. The third-order valence-corrected chi connectivity index (χ3v) is 10.9. The molecule has 0 atom stereocenters. The molecular formula is C44H28N2S. The number of fused-ring (bicyclic) bond motifs is 8. The molecule has 0 aliphatic carbocycles. The molecule has 0 radical (unpaired) electrons. The average Bonchev–Trinajstić information content (AvgIpc) is 3.84. The van der Waals surface area contributed by atoms with Gasteiger partial charge in [-0.15, -0.1) is 11.3 Å². The van der Waals surface area contributed by atoms with Crippen LogP contribution in [0.2, 0.25) is 0 Å². The van der Waals surface area contributed by atoms with E-state index in [1.54, 1.807) is 0 Å². The van der Waals surface area contributed by atoms with Gasteiger partial charge in [-0.25, -0.2) is 0 Å². The lowest BCUT2D eigenvalue weighted by Crippen LogP contribution is -1.97. The summed E-state index contributed by atoms with van der Waals surface area (Å²) in [6, 6.07) is 59.5. The summed E-state index contributed by atoms with van der Waals surface area (Å²) in [5.74, 6) is 0. The Hall–Kier alpha value is -5.90. The first-order chi connectivity index (χ1) is 23.3. The van der Waals surface area contributed by atoms with Crippen molar-refractivity contribution >= 4 is 64.2 Å². The lowest BCUT2D eigenvalue weighted by molar-refractivity contribution is 1.12. The number of aromatic nitrogens is 2. The second-order valence-electron chi connectivity index (χ2n) is 12.2. The highest BCUT2D eigenvalue weighted by Gasteiger charge is 2.18. The summed E-state index contributed by atoms with van der Waals surface area (Å²) in [7, 11) is 0. The Morgan fingerprint density at radius 1 is 0.383 bits per heavy atom. The molecule has 0 amide bonds. The molecule has 10 rings (SSSR count). The number of rotatable bonds is 4. The van der Waals surface area contributed by atoms with Crippen LogP contribution in [0.25, 0.3) is 86.5 Å². The lowest BCUT2D eigenvalue weighted by atomic mass is 10.00. The number of nitrogens with zero attached hydrogens (tertiary/aromatic N) is 2. The minimum absolute atomic E-state index is 1.15. The lowest BCUT2D eigenvalue weighted by Gasteiger charge is -2.12. The monoisotopic (exact) mass is 616 g/mol. The Kier molecular flexibility index (Phi) is 5.78. The second-order valence-corrected chi connectivity index (χ2v) is 13.2. The summed E-state index contributed by atoms with van der Waals surface area (Å²) in [6.07, 6.45) is 2.21. The van der Waals surface area contributed by atoms with Crippen molar-refractivity contribution in [3.8, 4) is 33.6 Å². The maximum absolute atomic E-state index is 2.42. The van der Waals surface area contributed by atoms with E-state index < -0.39 is 0 Å². The standard InChI is InChI=1S/C44H28N2S/c1-3-11-29(12-4-1)34-16-9-18-38-39-19-10-17-35(44(39)47-43(34)38)30-21-24-32(25-22-30)45-28-27-31-23-26-37-36-15-7-8-20-40(36)46(42(37)41(31)45)33-13-5-2-6-14-33/h1-28H. The second kappa shape index (κ2) is 10.3. The quantitative estimate of drug-likeness (QED) is 0.186. The Balaban J connectivity index is 1.14. The molecular weight excluding hydrogens is 589 g/mol. The highest BCUT2D eigenvalue weighted by molar-refractivity contribution is 7.26. The molecule has 3 heterocycles. The molecule has 47 heavy (non-hydrogen) atoms. The smallest absolute Gasteiger partial charge is 0.0788 e. The zero-order valence-corrected chi connectivity index (χ0v) is 26.3. The highest BCUT2D eigenvalue weighted by atomic mass is 32.1. The van der Waals surface area contributed by atoms with Crippen molar-refractivity contribution in [1.82, 2.24) is 9.13 Å². The van der Waals surface area contributed by atoms with Gasteiger partial charge in [0.2, 0.25) is 0 Å². The Bertz CT molecular complexity index is 2760. The van der Waals surface area contributed by atoms with Crippen LogP contribution in [-0.4, -0.2) is 9.13 Å². The Morgan fingerprint density at radius 3 is 1.72 bits per heavy atom. The van der Waals surface area contributed by atoms with Crippen molar-refractivity contribution in [3.63, 3.8) is 0 Å². The van der Waals surface area contributed by atoms with Gasteiger partial charge >= 0.3 is 0 Å². The van der Waals surface area contributed by atoms with Gasteiger partial charge in [0.05, 0.1) is 16.6 Å². The Labute approximate surface area is 276 Å². The van der Waals surface area contributed by atoms with Crippen LogP contribution in [0.5, 0.6) is 0 Å². The van der Waals surface area contributed by atoms with Gasteiger partial charge in [0.25, 0.3) is 0 Å². The SMILES string of the molecule is c1ccc(-c2cccc3c2sc2c(-c4ccc(-n5ccc6ccc7c8ccccc8n(-c8ccccc8)c7c65)cc4)cccc23)cc1. The first-order valence-corrected chi connectivity index (χ1v) is 16.8. The van der Waals surface area contributed by atoms with Crippen LogP contribution in [0.1, 0.15) is 0 Å². The fourth-order valence-electron chi connectivity index (χ4n) is 7.43. The average molecular weight is 617 g/mol. The fraction of sp³-hybridized carbons (Fsp3) is 0. The predicted octanol–water partition coefficient (Wildman–Crippen LogP) is 12.4. The van der Waals surface area contributed by atoms with E-state index in [4.69, 9.17) is 0 Å². The number of benzene rings is 7. The van der Waals surface area contributed by atoms with E-state index >= 15 is 0 Å². The van der Waals surface area contributed by atoms with E-state index in [2.05, 4.69) is 179 Å². The van der Waals surface area contributed by atoms with Crippen molar-refractivity contribution in [2.45, 2.75) is 0 Å². The molecule has 2 nitrogen and oxygen atoms in total. The van der Waals surface area contributed by atoms with Gasteiger partial charge < -0.3 is 9.13 Å². The first-order valence-electron chi connectivity index (χ1n) is 16.0. The van der Waals surface area contributed by atoms with Crippen LogP contribution in [-0.2, 0) is 0 Å². The van der Waals surface area contributed by atoms with E-state index in [9.17, 15) is 0 Å². The largest absolute Gasteiger partial charge is 0.315 e. The molecule has 0 unspecified atom stereocenters. The number of para-hydroxylation sites is 2. The molecule has 3 aromatic heterocycles. The normalized spacial score (nSPS) is 11.8. The van der Waals surface area contributed by atoms with E-state index in [0.29, 0.717) is 0 Å². The Morgan fingerprint density at radius 2 is 1.00 bits per heavy atom. The van der Waals surface area contributed by atoms with Crippen LogP contribution in [0.3, 0.4) is 0 Å². The van der Waals surface area contributed by atoms with Crippen molar-refractivity contribution in [2.75, 3.05) is 0 Å². The minimum atomic E-state index is 1.15. The maximum Gasteiger partial charge on any atom is 0.0788 e. The first kappa shape index (κ1) is 26.3. The molecule has 0 aliphatic rings. The molecule has 0 saturated heterocycles. The molecule has 220 valence electrons. The summed E-state index contributed by atoms with van der Waals surface area (Å²) in [5.41, 5.74) is 11.0. The minimum Gasteiger partial charge on any atom is -0.315 e. The van der Waals surface area contributed by atoms with Crippen LogP contribution in [0.15, 0.2) is 170 Å². The van der Waals surface area contributed by atoms with Gasteiger partial charge in [-0.1, -0.05) is 127 Å². The number of hydrogen-bond acceptors (Lipinski definition) is 1. The molecule has 3 heteroatoms. The van der Waals surface area contributed by atoms with Crippen molar-refractivity contribution in [1.29, 1.82) is 0 Å². The van der Waals surface area contributed by atoms with Crippen LogP contribution in [0, 0.1) is 0 Å². The predicted molar refractivity (Wildman–Crippen MR) is 201 cm³/mol. The molecule has 7 aromatic carbocycles. The molecule has 0 spiro atoms. The van der Waals surface area contributed by atoms with Gasteiger partial charge in [-0.2, -0.15) is 0 Å². The van der Waals surface area contributed by atoms with Gasteiger partial charge in [0, 0.05) is 53.9 Å². The van der Waals surface area contributed by atoms with Crippen molar-refractivity contribution in [2.24, 2.45) is 0 Å². The third kappa shape index (κ3) is 3.97. The topological polar surface area (TPSA) is 9.86 Å². The number of hydrogen-bond donors (Lipinski definition) is 0. The van der Waals surface area contributed by atoms with Crippen LogP contribution < -0.4 is 0 Å². The summed E-state index contributed by atoms with van der Waals surface area (Å²) in [6.45, 7) is 0. The summed E-state index contributed by atoms with van der Waals surface area (Å²) < 4.78 is 7.45. The third-order valence-electron chi connectivity index (χ3n) is 9.57.